The Morgan fingerprint density at radius 1 is 1.33 bits per heavy atom. The van der Waals surface area contributed by atoms with Crippen molar-refractivity contribution in [3.05, 3.63) is 28.3 Å². The number of carbonyl (C=O) groups is 1. The van der Waals surface area contributed by atoms with Crippen molar-refractivity contribution in [2.45, 2.75) is 24.2 Å². The minimum Gasteiger partial charge on any atom is -0.486 e. The number of carbonyl (C=O) groups excluding carboxylic acids is 1. The van der Waals surface area contributed by atoms with Crippen molar-refractivity contribution in [3.63, 3.8) is 0 Å². The fourth-order valence-electron chi connectivity index (χ4n) is 2.35. The highest BCUT2D eigenvalue weighted by molar-refractivity contribution is 7.89. The van der Waals surface area contributed by atoms with Crippen LogP contribution in [0, 0.1) is 10.1 Å². The molecule has 0 unspecified atom stereocenters. The van der Waals surface area contributed by atoms with Crippen LogP contribution in [0.15, 0.2) is 23.1 Å². The third kappa shape index (κ3) is 4.01. The molecule has 0 aliphatic carbocycles. The smallest absolute Gasteiger partial charge is 0.312 e. The monoisotopic (exact) mass is 358 g/mol. The lowest BCUT2D eigenvalue weighted by Gasteiger charge is -2.15. The summed E-state index contributed by atoms with van der Waals surface area (Å²) in [4.78, 5) is 21.4. The Labute approximate surface area is 139 Å². The molecular formula is C14H18N2O7S. The van der Waals surface area contributed by atoms with Crippen LogP contribution in [0.5, 0.6) is 5.75 Å². The number of nitro groups is 1. The Hall–Kier alpha value is -2.20. The van der Waals surface area contributed by atoms with Crippen molar-refractivity contribution >= 4 is 21.7 Å². The molecule has 0 spiro atoms. The minimum atomic E-state index is -3.75. The molecule has 1 saturated heterocycles. The lowest BCUT2D eigenvalue weighted by Crippen LogP contribution is -2.27. The normalized spacial score (nSPS) is 15.2. The first-order valence-corrected chi connectivity index (χ1v) is 8.78. The first kappa shape index (κ1) is 18.1. The molecule has 1 fully saturated rings. The predicted molar refractivity (Wildman–Crippen MR) is 83.2 cm³/mol. The summed E-state index contributed by atoms with van der Waals surface area (Å²) in [5.74, 6) is -0.602. The summed E-state index contributed by atoms with van der Waals surface area (Å²) in [5, 5.41) is 11.2. The maximum atomic E-state index is 12.5. The number of esters is 1. The van der Waals surface area contributed by atoms with Crippen LogP contribution in [0.4, 0.5) is 5.69 Å². The summed E-state index contributed by atoms with van der Waals surface area (Å²) in [6, 6.07) is 3.49. The van der Waals surface area contributed by atoms with Gasteiger partial charge in [-0.2, -0.15) is 4.31 Å². The molecule has 1 aromatic rings. The van der Waals surface area contributed by atoms with E-state index in [-0.39, 0.29) is 23.7 Å². The van der Waals surface area contributed by atoms with Gasteiger partial charge in [0, 0.05) is 19.2 Å². The number of nitro benzene ring substituents is 1. The molecule has 10 heteroatoms. The largest absolute Gasteiger partial charge is 0.486 e. The van der Waals surface area contributed by atoms with Gasteiger partial charge in [0.2, 0.25) is 10.0 Å². The van der Waals surface area contributed by atoms with Gasteiger partial charge in [0.25, 0.3) is 0 Å². The first-order valence-electron chi connectivity index (χ1n) is 7.34. The molecule has 0 saturated carbocycles. The molecule has 9 nitrogen and oxygen atoms in total. The van der Waals surface area contributed by atoms with E-state index in [0.29, 0.717) is 13.1 Å². The summed E-state index contributed by atoms with van der Waals surface area (Å²) in [5.41, 5.74) is -0.458. The zero-order valence-electron chi connectivity index (χ0n) is 13.1. The van der Waals surface area contributed by atoms with Crippen LogP contribution in [0.3, 0.4) is 0 Å². The second-order valence-corrected chi connectivity index (χ2v) is 7.11. The summed E-state index contributed by atoms with van der Waals surface area (Å²) >= 11 is 0. The topological polar surface area (TPSA) is 116 Å². The molecular weight excluding hydrogens is 340 g/mol. The van der Waals surface area contributed by atoms with Crippen molar-refractivity contribution in [2.24, 2.45) is 0 Å². The van der Waals surface area contributed by atoms with Gasteiger partial charge in [-0.3, -0.25) is 14.9 Å². The van der Waals surface area contributed by atoms with Crippen LogP contribution in [-0.2, 0) is 19.6 Å². The number of hydrogen-bond donors (Lipinski definition) is 0. The van der Waals surface area contributed by atoms with E-state index in [2.05, 4.69) is 4.74 Å². The summed E-state index contributed by atoms with van der Waals surface area (Å²) in [7, 11) is -2.53. The van der Waals surface area contributed by atoms with Crippen molar-refractivity contribution in [1.29, 1.82) is 0 Å². The van der Waals surface area contributed by atoms with Crippen molar-refractivity contribution < 1.29 is 27.6 Å². The first-order chi connectivity index (χ1) is 11.4. The van der Waals surface area contributed by atoms with E-state index in [0.717, 1.165) is 18.9 Å². The highest BCUT2D eigenvalue weighted by Crippen LogP contribution is 2.31. The third-order valence-corrected chi connectivity index (χ3v) is 5.52. The zero-order chi connectivity index (χ0) is 17.7. The molecule has 0 bridgehead atoms. The van der Waals surface area contributed by atoms with Gasteiger partial charge >= 0.3 is 11.7 Å². The van der Waals surface area contributed by atoms with Gasteiger partial charge in [-0.05, 0) is 25.0 Å². The Bertz CT molecular complexity index is 727. The molecule has 0 radical (unpaired) electrons. The summed E-state index contributed by atoms with van der Waals surface area (Å²) in [6.45, 7) is 0.715. The molecule has 2 rings (SSSR count). The molecule has 1 aliphatic rings. The molecule has 0 atom stereocenters. The Morgan fingerprint density at radius 3 is 2.58 bits per heavy atom. The molecule has 1 heterocycles. The van der Waals surface area contributed by atoms with E-state index in [1.807, 2.05) is 0 Å². The Balaban J connectivity index is 2.23. The molecule has 1 aliphatic heterocycles. The average Bonchev–Trinajstić information content (AvgIpc) is 3.09. The maximum Gasteiger partial charge on any atom is 0.312 e. The highest BCUT2D eigenvalue weighted by atomic mass is 32.2. The van der Waals surface area contributed by atoms with Crippen molar-refractivity contribution in [2.75, 3.05) is 26.8 Å². The SMILES string of the molecule is COC(=O)CCOc1ccc(S(=O)(=O)N2CCCC2)cc1[N+](=O)[O-]. The van der Waals surface area contributed by atoms with Crippen molar-refractivity contribution in [1.82, 2.24) is 4.31 Å². The van der Waals surface area contributed by atoms with Crippen molar-refractivity contribution in [3.8, 4) is 5.75 Å². The van der Waals surface area contributed by atoms with Gasteiger partial charge in [0.15, 0.2) is 5.75 Å². The second kappa shape index (κ2) is 7.58. The Kier molecular flexibility index (Phi) is 5.73. The fourth-order valence-corrected chi connectivity index (χ4v) is 3.88. The fraction of sp³-hybridized carbons (Fsp3) is 0.500. The number of benzene rings is 1. The molecule has 1 aromatic carbocycles. The highest BCUT2D eigenvalue weighted by Gasteiger charge is 2.29. The van der Waals surface area contributed by atoms with Gasteiger partial charge < -0.3 is 9.47 Å². The van der Waals surface area contributed by atoms with E-state index in [9.17, 15) is 23.3 Å². The van der Waals surface area contributed by atoms with E-state index in [4.69, 9.17) is 4.74 Å². The van der Waals surface area contributed by atoms with Crippen LogP contribution in [0.2, 0.25) is 0 Å². The molecule has 0 N–H and O–H groups in total. The van der Waals surface area contributed by atoms with Crippen LogP contribution < -0.4 is 4.74 Å². The summed E-state index contributed by atoms with van der Waals surface area (Å²) in [6.07, 6.45) is 1.48. The number of nitrogens with zero attached hydrogens (tertiary/aromatic N) is 2. The van der Waals surface area contributed by atoms with Crippen LogP contribution in [0.1, 0.15) is 19.3 Å². The minimum absolute atomic E-state index is 0.0680. The van der Waals surface area contributed by atoms with Gasteiger partial charge in [-0.15, -0.1) is 0 Å². The number of hydrogen-bond acceptors (Lipinski definition) is 7. The van der Waals surface area contributed by atoms with Crippen LogP contribution >= 0.6 is 0 Å². The average molecular weight is 358 g/mol. The van der Waals surface area contributed by atoms with Gasteiger partial charge in [0.1, 0.15) is 0 Å². The van der Waals surface area contributed by atoms with E-state index < -0.39 is 26.6 Å². The molecule has 0 amide bonds. The second-order valence-electron chi connectivity index (χ2n) is 5.17. The standard InChI is InChI=1S/C14H18N2O7S/c1-22-14(17)6-9-23-13-5-4-11(10-12(13)16(18)19)24(20,21)15-7-2-3-8-15/h4-5,10H,2-3,6-9H2,1H3. The number of rotatable bonds is 7. The number of ether oxygens (including phenoxy) is 2. The van der Waals surface area contributed by atoms with E-state index in [1.165, 1.54) is 23.5 Å². The number of sulfonamides is 1. The third-order valence-electron chi connectivity index (χ3n) is 3.62. The molecule has 0 aromatic heterocycles. The zero-order valence-corrected chi connectivity index (χ0v) is 14.0. The quantitative estimate of drug-likeness (QED) is 0.410. The lowest BCUT2D eigenvalue weighted by atomic mass is 10.3. The maximum absolute atomic E-state index is 12.5. The van der Waals surface area contributed by atoms with Crippen LogP contribution in [0.25, 0.3) is 0 Å². The Morgan fingerprint density at radius 2 is 2.00 bits per heavy atom. The molecule has 24 heavy (non-hydrogen) atoms. The van der Waals surface area contributed by atoms with Crippen LogP contribution in [-0.4, -0.2) is 50.4 Å². The summed E-state index contributed by atoms with van der Waals surface area (Å²) < 4.78 is 35.9. The van der Waals surface area contributed by atoms with Gasteiger partial charge in [-0.1, -0.05) is 0 Å². The predicted octanol–water partition coefficient (Wildman–Crippen LogP) is 1.32. The lowest BCUT2D eigenvalue weighted by molar-refractivity contribution is -0.386. The number of methoxy groups -OCH3 is 1. The van der Waals surface area contributed by atoms with Gasteiger partial charge in [-0.25, -0.2) is 8.42 Å². The van der Waals surface area contributed by atoms with E-state index >= 15 is 0 Å². The molecule has 132 valence electrons. The van der Waals surface area contributed by atoms with Gasteiger partial charge in [0.05, 0.1) is 30.0 Å². The van der Waals surface area contributed by atoms with E-state index in [1.54, 1.807) is 0 Å².